The van der Waals surface area contributed by atoms with Crippen molar-refractivity contribution in [2.24, 2.45) is 35.3 Å². The van der Waals surface area contributed by atoms with Gasteiger partial charge in [0.05, 0.1) is 17.5 Å². The van der Waals surface area contributed by atoms with Crippen molar-refractivity contribution >= 4 is 29.0 Å². The summed E-state index contributed by atoms with van der Waals surface area (Å²) >= 11 is 0. The van der Waals surface area contributed by atoms with Gasteiger partial charge in [0, 0.05) is 29.1 Å². The van der Waals surface area contributed by atoms with Crippen LogP contribution in [0, 0.1) is 35.4 Å². The number of hydrogen-bond acceptors (Lipinski definition) is 9. The van der Waals surface area contributed by atoms with E-state index in [1.807, 2.05) is 20.8 Å². The monoisotopic (exact) mass is 585 g/mol. The first kappa shape index (κ1) is 30.4. The second-order valence-electron chi connectivity index (χ2n) is 13.2. The number of aromatic hydroxyl groups is 1. The highest BCUT2D eigenvalue weighted by molar-refractivity contribution is 6.32. The number of unbranched alkanes of at least 4 members (excludes halogenated alkanes) is 1. The van der Waals surface area contributed by atoms with Gasteiger partial charge in [-0.2, -0.15) is 0 Å². The van der Waals surface area contributed by atoms with Crippen LogP contribution in [0.25, 0.3) is 0 Å². The van der Waals surface area contributed by atoms with Crippen LogP contribution in [-0.4, -0.2) is 74.9 Å². The van der Waals surface area contributed by atoms with Crippen LogP contribution in [0.15, 0.2) is 6.07 Å². The Morgan fingerprint density at radius 3 is 2.48 bits per heavy atom. The highest BCUT2D eigenvalue weighted by Crippen LogP contribution is 2.51. The van der Waals surface area contributed by atoms with Crippen LogP contribution in [0.5, 0.6) is 5.75 Å². The van der Waals surface area contributed by atoms with Crippen molar-refractivity contribution in [2.75, 3.05) is 13.6 Å². The molecule has 0 radical (unpaired) electrons. The lowest BCUT2D eigenvalue weighted by Crippen LogP contribution is -2.74. The molecule has 6 unspecified atom stereocenters. The number of primary amides is 1. The molecule has 10 nitrogen and oxygen atoms in total. The second kappa shape index (κ2) is 10.6. The van der Waals surface area contributed by atoms with Crippen LogP contribution in [-0.2, 0) is 32.1 Å². The summed E-state index contributed by atoms with van der Waals surface area (Å²) in [5.74, 6) is -11.7. The fourth-order valence-corrected chi connectivity index (χ4v) is 7.57. The smallest absolute Gasteiger partial charge is 0.235 e. The number of carbonyl (C=O) groups excluding carboxylic acids is 5. The van der Waals surface area contributed by atoms with Gasteiger partial charge in [0.15, 0.2) is 34.7 Å². The average molecular weight is 586 g/mol. The Morgan fingerprint density at radius 1 is 1.21 bits per heavy atom. The summed E-state index contributed by atoms with van der Waals surface area (Å²) < 4.78 is 16.0. The zero-order valence-electron chi connectivity index (χ0n) is 24.5. The number of nitrogens with two attached hydrogens (primary N) is 1. The maximum atomic E-state index is 16.0. The first-order chi connectivity index (χ1) is 19.7. The number of nitrogens with one attached hydrogen (secondary N) is 1. The van der Waals surface area contributed by atoms with Gasteiger partial charge in [-0.25, -0.2) is 4.39 Å². The van der Waals surface area contributed by atoms with Crippen LogP contribution in [0.4, 0.5) is 4.39 Å². The predicted molar refractivity (Wildman–Crippen MR) is 149 cm³/mol. The Morgan fingerprint density at radius 2 is 1.88 bits per heavy atom. The van der Waals surface area contributed by atoms with Crippen LogP contribution in [0.2, 0.25) is 0 Å². The highest BCUT2D eigenvalue weighted by Gasteiger charge is 2.69. The number of hydrogen-bond donors (Lipinski definition) is 4. The average Bonchev–Trinajstić information content (AvgIpc) is 3.77. The van der Waals surface area contributed by atoms with Crippen molar-refractivity contribution in [3.8, 4) is 5.75 Å². The number of fused-ring (bicyclic) bond motifs is 3. The van der Waals surface area contributed by atoms with E-state index in [-0.39, 0.29) is 41.6 Å². The van der Waals surface area contributed by atoms with Gasteiger partial charge in [-0.05, 0) is 77.4 Å². The number of carbonyl (C=O) groups is 5. The van der Waals surface area contributed by atoms with Gasteiger partial charge in [-0.3, -0.25) is 28.9 Å². The normalized spacial score (nSPS) is 31.2. The molecule has 228 valence electrons. The molecule has 4 aliphatic rings. The van der Waals surface area contributed by atoms with E-state index in [0.29, 0.717) is 18.9 Å². The molecule has 3 saturated carbocycles. The number of ketones is 4. The number of aliphatic hydroxyl groups is 1. The molecule has 5 rings (SSSR count). The number of amides is 1. The minimum absolute atomic E-state index is 0.0140. The Hall–Kier alpha value is -3.02. The first-order valence-electron chi connectivity index (χ1n) is 14.8. The molecule has 42 heavy (non-hydrogen) atoms. The zero-order chi connectivity index (χ0) is 30.9. The van der Waals surface area contributed by atoms with Crippen molar-refractivity contribution in [3.63, 3.8) is 0 Å². The van der Waals surface area contributed by atoms with Crippen LogP contribution in [0.1, 0.15) is 74.4 Å². The third-order valence-corrected chi connectivity index (χ3v) is 10.2. The van der Waals surface area contributed by atoms with E-state index in [4.69, 9.17) is 5.73 Å². The molecular formula is C31H40FN3O7. The number of nitrogens with zero attached hydrogens (tertiary/aromatic N) is 1. The van der Waals surface area contributed by atoms with Gasteiger partial charge < -0.3 is 21.3 Å². The van der Waals surface area contributed by atoms with Gasteiger partial charge in [0.1, 0.15) is 11.6 Å². The number of phenolic OH excluding ortho intramolecular Hbond substituents is 1. The molecular weight excluding hydrogens is 545 g/mol. The number of likely N-dealkylation sites (N-methyl/N-ethyl adjacent to an activating group) is 1. The molecule has 1 aromatic rings. The largest absolute Gasteiger partial charge is 0.507 e. The highest BCUT2D eigenvalue weighted by atomic mass is 19.1. The molecule has 1 aromatic carbocycles. The SMILES string of the molecule is CCCCN(C)C1C(=O)C(C(N)=O)C(=O)C2(O)C(=O)C3C(=O)c4c(O)cc(CNC(C)(C)C5CC5)c(F)c4CC3CC12. The molecule has 1 amide bonds. The standard InChI is InChI=1S/C31H40FN3O7/c1-5-6-9-35(4)24-18-11-14-10-17-21(19(36)12-15(23(17)32)13-34-30(2,3)16-7-8-16)25(37)20(14)27(39)31(18,42)28(40)22(26(24)38)29(33)41/h12,14,16,18,20,22,24,34,36,42H,5-11,13H2,1-4H3,(H2,33,41). The van der Waals surface area contributed by atoms with E-state index in [2.05, 4.69) is 5.32 Å². The van der Waals surface area contributed by atoms with Crippen LogP contribution >= 0.6 is 0 Å². The third kappa shape index (κ3) is 4.60. The number of phenols is 1. The maximum absolute atomic E-state index is 16.0. The molecule has 0 bridgehead atoms. The van der Waals surface area contributed by atoms with Crippen LogP contribution in [0.3, 0.4) is 0 Å². The number of rotatable bonds is 9. The van der Waals surface area contributed by atoms with E-state index in [9.17, 15) is 34.2 Å². The Labute approximate surface area is 244 Å². The van der Waals surface area contributed by atoms with Crippen molar-refractivity contribution in [2.45, 2.75) is 83.0 Å². The molecule has 6 atom stereocenters. The summed E-state index contributed by atoms with van der Waals surface area (Å²) in [6, 6.07) is -0.00369. The summed E-state index contributed by atoms with van der Waals surface area (Å²) in [6.45, 7) is 6.53. The van der Waals surface area contributed by atoms with Crippen molar-refractivity contribution in [3.05, 3.63) is 28.6 Å². The molecule has 4 aliphatic carbocycles. The van der Waals surface area contributed by atoms with E-state index in [1.54, 1.807) is 11.9 Å². The molecule has 3 fully saturated rings. The topological polar surface area (TPSA) is 167 Å². The Kier molecular flexibility index (Phi) is 7.69. The van der Waals surface area contributed by atoms with Gasteiger partial charge in [-0.15, -0.1) is 0 Å². The fraction of sp³-hybridized carbons (Fsp3) is 0.645. The number of Topliss-reactive ketones (excluding diaryl/α,β-unsaturated/α-hetero) is 4. The molecule has 0 heterocycles. The molecule has 11 heteroatoms. The second-order valence-corrected chi connectivity index (χ2v) is 13.2. The summed E-state index contributed by atoms with van der Waals surface area (Å²) in [5, 5.41) is 26.0. The maximum Gasteiger partial charge on any atom is 0.235 e. The van der Waals surface area contributed by atoms with Gasteiger partial charge in [0.25, 0.3) is 0 Å². The fourth-order valence-electron chi connectivity index (χ4n) is 7.57. The predicted octanol–water partition coefficient (Wildman–Crippen LogP) is 1.45. The molecule has 0 aromatic heterocycles. The van der Waals surface area contributed by atoms with E-state index in [0.717, 1.165) is 19.3 Å². The summed E-state index contributed by atoms with van der Waals surface area (Å²) in [7, 11) is 1.62. The van der Waals surface area contributed by atoms with E-state index < -0.39 is 75.9 Å². The van der Waals surface area contributed by atoms with Crippen molar-refractivity contribution in [1.29, 1.82) is 0 Å². The zero-order valence-corrected chi connectivity index (χ0v) is 24.5. The minimum atomic E-state index is -2.81. The molecule has 0 saturated heterocycles. The molecule has 5 N–H and O–H groups in total. The Bertz CT molecular complexity index is 1370. The van der Waals surface area contributed by atoms with Crippen molar-refractivity contribution in [1.82, 2.24) is 10.2 Å². The first-order valence-corrected chi connectivity index (χ1v) is 14.8. The Balaban J connectivity index is 1.54. The summed E-state index contributed by atoms with van der Waals surface area (Å²) in [6.07, 6.45) is 3.40. The van der Waals surface area contributed by atoms with Crippen LogP contribution < -0.4 is 11.1 Å². The van der Waals surface area contributed by atoms with E-state index >= 15 is 4.39 Å². The quantitative estimate of drug-likeness (QED) is 0.314. The third-order valence-electron chi connectivity index (χ3n) is 10.2. The lowest BCUT2D eigenvalue weighted by atomic mass is 9.52. The van der Waals surface area contributed by atoms with Gasteiger partial charge in [0.2, 0.25) is 5.91 Å². The molecule has 0 spiro atoms. The van der Waals surface area contributed by atoms with Gasteiger partial charge >= 0.3 is 0 Å². The number of halogens is 1. The van der Waals surface area contributed by atoms with Crippen molar-refractivity contribution < 1.29 is 38.6 Å². The molecule has 0 aliphatic heterocycles. The lowest BCUT2D eigenvalue weighted by molar-refractivity contribution is -0.181. The van der Waals surface area contributed by atoms with E-state index in [1.165, 1.54) is 6.07 Å². The number of benzene rings is 1. The minimum Gasteiger partial charge on any atom is -0.507 e. The summed E-state index contributed by atoms with van der Waals surface area (Å²) in [5.41, 5.74) is 2.21. The van der Waals surface area contributed by atoms with Gasteiger partial charge in [-0.1, -0.05) is 13.3 Å². The lowest BCUT2D eigenvalue weighted by Gasteiger charge is -2.53. The summed E-state index contributed by atoms with van der Waals surface area (Å²) in [4.78, 5) is 68.6.